The number of amides is 1. The lowest BCUT2D eigenvalue weighted by Gasteiger charge is -2.18. The number of anilines is 1. The summed E-state index contributed by atoms with van der Waals surface area (Å²) in [5, 5.41) is 0. The SMILES string of the molecule is CC(C)(N)c1cc(-c2cnc3[nH]cc(N4Cc5ccccc5C4=O)c3n2)ccn1. The van der Waals surface area contributed by atoms with Crippen LogP contribution in [0.3, 0.4) is 0 Å². The standard InChI is InChI=1S/C22H20N6O/c1-22(2,23)18-9-13(7-8-24-18)16-10-25-20-19(27-16)17(11-26-20)28-12-14-5-3-4-6-15(14)21(28)29/h3-11H,12,23H2,1-2H3,(H,25,26). The summed E-state index contributed by atoms with van der Waals surface area (Å²) in [5.74, 6) is -0.0234. The molecule has 3 aromatic heterocycles. The molecule has 0 unspecified atom stereocenters. The Bertz CT molecular complexity index is 1250. The van der Waals surface area contributed by atoms with Gasteiger partial charge in [-0.15, -0.1) is 0 Å². The third kappa shape index (κ3) is 2.87. The summed E-state index contributed by atoms with van der Waals surface area (Å²) < 4.78 is 0. The lowest BCUT2D eigenvalue weighted by atomic mass is 9.99. The van der Waals surface area contributed by atoms with Gasteiger partial charge in [0.25, 0.3) is 5.91 Å². The molecular weight excluding hydrogens is 364 g/mol. The Kier molecular flexibility index (Phi) is 3.75. The number of fused-ring (bicyclic) bond motifs is 2. The minimum Gasteiger partial charge on any atom is -0.343 e. The zero-order chi connectivity index (χ0) is 20.2. The number of hydrogen-bond acceptors (Lipinski definition) is 5. The molecule has 7 nitrogen and oxygen atoms in total. The molecule has 0 atom stereocenters. The van der Waals surface area contributed by atoms with Crippen molar-refractivity contribution < 1.29 is 4.79 Å². The zero-order valence-corrected chi connectivity index (χ0v) is 16.2. The number of pyridine rings is 1. The molecule has 0 bridgehead atoms. The van der Waals surface area contributed by atoms with Gasteiger partial charge in [0.1, 0.15) is 5.52 Å². The predicted octanol–water partition coefficient (Wildman–Crippen LogP) is 3.37. The van der Waals surface area contributed by atoms with Crippen LogP contribution in [0.15, 0.2) is 55.0 Å². The van der Waals surface area contributed by atoms with Crippen LogP contribution < -0.4 is 10.6 Å². The average molecular weight is 384 g/mol. The van der Waals surface area contributed by atoms with Crippen molar-refractivity contribution in [3.63, 3.8) is 0 Å². The van der Waals surface area contributed by atoms with E-state index in [1.807, 2.05) is 50.2 Å². The summed E-state index contributed by atoms with van der Waals surface area (Å²) in [6.07, 6.45) is 5.23. The molecule has 29 heavy (non-hydrogen) atoms. The molecule has 1 aromatic carbocycles. The van der Waals surface area contributed by atoms with E-state index in [-0.39, 0.29) is 5.91 Å². The predicted molar refractivity (Wildman–Crippen MR) is 111 cm³/mol. The highest BCUT2D eigenvalue weighted by Gasteiger charge is 2.30. The number of nitrogens with one attached hydrogen (secondary N) is 1. The van der Waals surface area contributed by atoms with Crippen LogP contribution in [0, 0.1) is 0 Å². The van der Waals surface area contributed by atoms with Crippen molar-refractivity contribution in [1.29, 1.82) is 0 Å². The first-order valence-electron chi connectivity index (χ1n) is 9.41. The van der Waals surface area contributed by atoms with Gasteiger partial charge in [-0.25, -0.2) is 9.97 Å². The Hall–Kier alpha value is -3.58. The van der Waals surface area contributed by atoms with Gasteiger partial charge in [-0.3, -0.25) is 9.78 Å². The van der Waals surface area contributed by atoms with Gasteiger partial charge in [0, 0.05) is 23.5 Å². The number of aromatic amines is 1. The molecule has 7 heteroatoms. The molecule has 5 rings (SSSR count). The van der Waals surface area contributed by atoms with Gasteiger partial charge in [-0.05, 0) is 37.6 Å². The van der Waals surface area contributed by atoms with E-state index >= 15 is 0 Å². The molecule has 0 aliphatic carbocycles. The molecular formula is C22H20N6O. The largest absolute Gasteiger partial charge is 0.343 e. The van der Waals surface area contributed by atoms with Crippen molar-refractivity contribution in [2.45, 2.75) is 25.9 Å². The van der Waals surface area contributed by atoms with E-state index < -0.39 is 5.54 Å². The average Bonchev–Trinajstić information content (AvgIpc) is 3.28. The lowest BCUT2D eigenvalue weighted by molar-refractivity contribution is 0.0997. The number of carbonyl (C=O) groups excluding carboxylic acids is 1. The number of aromatic nitrogens is 4. The van der Waals surface area contributed by atoms with E-state index in [4.69, 9.17) is 10.7 Å². The number of carbonyl (C=O) groups is 1. The van der Waals surface area contributed by atoms with Crippen molar-refractivity contribution in [3.05, 3.63) is 71.8 Å². The number of rotatable bonds is 3. The Labute approximate surface area is 167 Å². The van der Waals surface area contributed by atoms with Gasteiger partial charge in [-0.2, -0.15) is 0 Å². The Morgan fingerprint density at radius 2 is 2.00 bits per heavy atom. The summed E-state index contributed by atoms with van der Waals surface area (Å²) in [6.45, 7) is 4.35. The van der Waals surface area contributed by atoms with Crippen molar-refractivity contribution in [2.75, 3.05) is 4.90 Å². The molecule has 4 heterocycles. The summed E-state index contributed by atoms with van der Waals surface area (Å²) in [7, 11) is 0. The molecule has 0 saturated carbocycles. The highest BCUT2D eigenvalue weighted by Crippen LogP contribution is 2.33. The van der Waals surface area contributed by atoms with Crippen molar-refractivity contribution in [2.24, 2.45) is 5.73 Å². The number of hydrogen-bond donors (Lipinski definition) is 2. The van der Waals surface area contributed by atoms with Gasteiger partial charge in [0.2, 0.25) is 0 Å². The van der Waals surface area contributed by atoms with Crippen molar-refractivity contribution >= 4 is 22.8 Å². The maximum Gasteiger partial charge on any atom is 0.259 e. The summed E-state index contributed by atoms with van der Waals surface area (Å²) in [5.41, 5.74) is 11.8. The molecule has 1 aliphatic heterocycles. The van der Waals surface area contributed by atoms with Crippen LogP contribution in [0.5, 0.6) is 0 Å². The minimum absolute atomic E-state index is 0.0234. The summed E-state index contributed by atoms with van der Waals surface area (Å²) >= 11 is 0. The Morgan fingerprint density at radius 3 is 2.79 bits per heavy atom. The number of nitrogens with two attached hydrogens (primary N) is 1. The van der Waals surface area contributed by atoms with Gasteiger partial charge in [0.15, 0.2) is 5.65 Å². The quantitative estimate of drug-likeness (QED) is 0.564. The molecule has 144 valence electrons. The molecule has 1 amide bonds. The van der Waals surface area contributed by atoms with Gasteiger partial charge in [-0.1, -0.05) is 18.2 Å². The highest BCUT2D eigenvalue weighted by atomic mass is 16.2. The third-order valence-electron chi connectivity index (χ3n) is 5.19. The van der Waals surface area contributed by atoms with E-state index in [1.165, 1.54) is 0 Å². The maximum absolute atomic E-state index is 12.9. The van der Waals surface area contributed by atoms with Gasteiger partial charge in [0.05, 0.1) is 35.4 Å². The first-order valence-corrected chi connectivity index (χ1v) is 9.41. The fourth-order valence-electron chi connectivity index (χ4n) is 3.61. The number of nitrogens with zero attached hydrogens (tertiary/aromatic N) is 4. The number of H-pyrrole nitrogens is 1. The van der Waals surface area contributed by atoms with E-state index in [0.717, 1.165) is 28.1 Å². The molecule has 3 N–H and O–H groups in total. The van der Waals surface area contributed by atoms with Crippen LogP contribution in [0.1, 0.15) is 35.5 Å². The third-order valence-corrected chi connectivity index (χ3v) is 5.19. The van der Waals surface area contributed by atoms with Gasteiger partial charge < -0.3 is 15.6 Å². The fraction of sp³-hybridized carbons (Fsp3) is 0.182. The maximum atomic E-state index is 12.9. The smallest absolute Gasteiger partial charge is 0.259 e. The minimum atomic E-state index is -0.555. The molecule has 0 saturated heterocycles. The fourth-order valence-corrected chi connectivity index (χ4v) is 3.61. The second-order valence-electron chi connectivity index (χ2n) is 7.83. The monoisotopic (exact) mass is 384 g/mol. The van der Waals surface area contributed by atoms with E-state index in [0.29, 0.717) is 23.4 Å². The van der Waals surface area contributed by atoms with Gasteiger partial charge >= 0.3 is 0 Å². The zero-order valence-electron chi connectivity index (χ0n) is 16.2. The molecule has 4 aromatic rings. The van der Waals surface area contributed by atoms with E-state index in [1.54, 1.807) is 23.5 Å². The van der Waals surface area contributed by atoms with Crippen molar-refractivity contribution in [1.82, 2.24) is 19.9 Å². The van der Waals surface area contributed by atoms with Crippen LogP contribution in [0.4, 0.5) is 5.69 Å². The summed E-state index contributed by atoms with van der Waals surface area (Å²) in [6, 6.07) is 11.5. The first-order chi connectivity index (χ1) is 13.9. The first kappa shape index (κ1) is 17.5. The molecule has 0 radical (unpaired) electrons. The van der Waals surface area contributed by atoms with Crippen LogP contribution >= 0.6 is 0 Å². The Morgan fingerprint density at radius 1 is 1.17 bits per heavy atom. The van der Waals surface area contributed by atoms with Crippen molar-refractivity contribution in [3.8, 4) is 11.3 Å². The molecule has 1 aliphatic rings. The van der Waals surface area contributed by atoms with E-state index in [2.05, 4.69) is 15.0 Å². The normalized spacial score (nSPS) is 13.9. The number of benzene rings is 1. The van der Waals surface area contributed by atoms with Crippen LogP contribution in [-0.2, 0) is 12.1 Å². The van der Waals surface area contributed by atoms with Crippen LogP contribution in [0.25, 0.3) is 22.4 Å². The van der Waals surface area contributed by atoms with E-state index in [9.17, 15) is 4.79 Å². The second-order valence-corrected chi connectivity index (χ2v) is 7.83. The highest BCUT2D eigenvalue weighted by molar-refractivity contribution is 6.12. The molecule has 0 spiro atoms. The topological polar surface area (TPSA) is 101 Å². The van der Waals surface area contributed by atoms with Crippen LogP contribution in [0.2, 0.25) is 0 Å². The Balaban J connectivity index is 1.58. The van der Waals surface area contributed by atoms with Crippen LogP contribution in [-0.4, -0.2) is 25.8 Å². The molecule has 0 fully saturated rings. The summed E-state index contributed by atoms with van der Waals surface area (Å²) in [4.78, 5) is 31.4. The second kappa shape index (κ2) is 6.22. The lowest BCUT2D eigenvalue weighted by Crippen LogP contribution is -2.29.